The van der Waals surface area contributed by atoms with Crippen molar-refractivity contribution in [3.63, 3.8) is 0 Å². The van der Waals surface area contributed by atoms with Gasteiger partial charge in [-0.3, -0.25) is 4.79 Å². The average molecular weight is 445 g/mol. The molecular weight excluding hydrogens is 423 g/mol. The summed E-state index contributed by atoms with van der Waals surface area (Å²) in [6, 6.07) is 9.27. The van der Waals surface area contributed by atoms with E-state index in [9.17, 15) is 13.2 Å². The van der Waals surface area contributed by atoms with Gasteiger partial charge in [0.2, 0.25) is 10.0 Å². The zero-order chi connectivity index (χ0) is 20.9. The lowest BCUT2D eigenvalue weighted by atomic mass is 10.2. The monoisotopic (exact) mass is 444 g/mol. The maximum absolute atomic E-state index is 12.6. The number of nitrogens with one attached hydrogen (secondary N) is 1. The molecule has 0 fully saturated rings. The van der Waals surface area contributed by atoms with E-state index in [1.54, 1.807) is 32.0 Å². The number of carbonyl (C=O) groups is 1. The molecule has 0 heterocycles. The minimum Gasteiger partial charge on any atom is -0.484 e. The van der Waals surface area contributed by atoms with E-state index in [4.69, 9.17) is 27.9 Å². The molecule has 0 unspecified atom stereocenters. The third-order valence-electron chi connectivity index (χ3n) is 4.05. The van der Waals surface area contributed by atoms with Gasteiger partial charge in [0.1, 0.15) is 5.75 Å². The summed E-state index contributed by atoms with van der Waals surface area (Å²) in [6.07, 6.45) is 0. The van der Waals surface area contributed by atoms with Crippen LogP contribution in [0.5, 0.6) is 5.75 Å². The molecule has 0 saturated carbocycles. The molecule has 0 atom stereocenters. The minimum atomic E-state index is -3.66. The number of sulfonamides is 1. The van der Waals surface area contributed by atoms with E-state index >= 15 is 0 Å². The smallest absolute Gasteiger partial charge is 0.262 e. The van der Waals surface area contributed by atoms with Gasteiger partial charge in [-0.05, 0) is 48.9 Å². The van der Waals surface area contributed by atoms with Crippen LogP contribution in [-0.2, 0) is 14.8 Å². The Labute approximate surface area is 175 Å². The van der Waals surface area contributed by atoms with Crippen molar-refractivity contribution >= 4 is 44.8 Å². The van der Waals surface area contributed by atoms with Crippen LogP contribution in [0.15, 0.2) is 41.3 Å². The number of hydrogen-bond donors (Lipinski definition) is 1. The lowest BCUT2D eigenvalue weighted by Crippen LogP contribution is -2.30. The van der Waals surface area contributed by atoms with Crippen LogP contribution >= 0.6 is 23.2 Å². The number of benzene rings is 2. The van der Waals surface area contributed by atoms with Crippen LogP contribution in [0.4, 0.5) is 5.69 Å². The number of amides is 1. The van der Waals surface area contributed by atoms with Crippen LogP contribution in [0, 0.1) is 6.92 Å². The summed E-state index contributed by atoms with van der Waals surface area (Å²) in [5, 5.41) is 3.43. The Bertz CT molecular complexity index is 960. The lowest BCUT2D eigenvalue weighted by Gasteiger charge is -2.19. The highest BCUT2D eigenvalue weighted by molar-refractivity contribution is 7.89. The number of nitrogens with zero attached hydrogens (tertiary/aromatic N) is 1. The highest BCUT2D eigenvalue weighted by Crippen LogP contribution is 2.27. The first kappa shape index (κ1) is 22.5. The molecule has 0 saturated heterocycles. The summed E-state index contributed by atoms with van der Waals surface area (Å²) in [6.45, 7) is 5.78. The number of carbonyl (C=O) groups excluding carboxylic acids is 1. The second kappa shape index (κ2) is 9.60. The molecule has 0 spiro atoms. The molecular formula is C19H22Cl2N2O4S. The molecule has 2 rings (SSSR count). The molecule has 0 aliphatic carbocycles. The molecule has 0 bridgehead atoms. The fraction of sp³-hybridized carbons (Fsp3) is 0.316. The Morgan fingerprint density at radius 2 is 1.71 bits per heavy atom. The fourth-order valence-electron chi connectivity index (χ4n) is 2.52. The molecule has 0 aliphatic rings. The molecule has 0 aromatic heterocycles. The molecule has 9 heteroatoms. The van der Waals surface area contributed by atoms with E-state index in [2.05, 4.69) is 5.32 Å². The van der Waals surface area contributed by atoms with Crippen LogP contribution in [0.1, 0.15) is 19.4 Å². The zero-order valence-electron chi connectivity index (χ0n) is 15.8. The molecule has 28 heavy (non-hydrogen) atoms. The summed E-state index contributed by atoms with van der Waals surface area (Å²) in [4.78, 5) is 12.3. The Hall–Kier alpha value is -1.80. The molecule has 0 radical (unpaired) electrons. The largest absolute Gasteiger partial charge is 0.484 e. The number of rotatable bonds is 8. The maximum atomic E-state index is 12.6. The quantitative estimate of drug-likeness (QED) is 0.656. The number of ether oxygens (including phenoxy) is 1. The fourth-order valence-corrected chi connectivity index (χ4v) is 4.28. The number of hydrogen-bond acceptors (Lipinski definition) is 4. The van der Waals surface area contributed by atoms with Gasteiger partial charge in [-0.2, -0.15) is 4.31 Å². The Balaban J connectivity index is 2.12. The van der Waals surface area contributed by atoms with Crippen molar-refractivity contribution in [3.05, 3.63) is 52.0 Å². The molecule has 1 N–H and O–H groups in total. The standard InChI is InChI=1S/C19H22Cl2N2O4S/c1-4-23(5-2)28(25,26)15-7-9-17(21)18(11-15)22-19(24)12-27-14-6-8-16(20)13(3)10-14/h6-11H,4-5,12H2,1-3H3,(H,22,24). The molecule has 6 nitrogen and oxygen atoms in total. The predicted molar refractivity (Wildman–Crippen MR) is 112 cm³/mol. The van der Waals surface area contributed by atoms with Gasteiger partial charge in [0, 0.05) is 18.1 Å². The predicted octanol–water partition coefficient (Wildman–Crippen LogP) is 4.35. The molecule has 0 aliphatic heterocycles. The Kier molecular flexibility index (Phi) is 7.71. The number of halogens is 2. The third kappa shape index (κ3) is 5.38. The van der Waals surface area contributed by atoms with E-state index in [0.717, 1.165) is 5.56 Å². The zero-order valence-corrected chi connectivity index (χ0v) is 18.2. The normalized spacial score (nSPS) is 11.5. The van der Waals surface area contributed by atoms with Crippen LogP contribution in [-0.4, -0.2) is 38.3 Å². The van der Waals surface area contributed by atoms with Gasteiger partial charge in [-0.1, -0.05) is 37.0 Å². The van der Waals surface area contributed by atoms with Gasteiger partial charge < -0.3 is 10.1 Å². The molecule has 2 aromatic rings. The van der Waals surface area contributed by atoms with Gasteiger partial charge in [0.25, 0.3) is 5.91 Å². The summed E-state index contributed by atoms with van der Waals surface area (Å²) >= 11 is 12.1. The van der Waals surface area contributed by atoms with E-state index in [-0.39, 0.29) is 22.2 Å². The summed E-state index contributed by atoms with van der Waals surface area (Å²) in [7, 11) is -3.66. The van der Waals surface area contributed by atoms with E-state index in [1.165, 1.54) is 22.5 Å². The minimum absolute atomic E-state index is 0.0603. The van der Waals surface area contributed by atoms with Crippen molar-refractivity contribution < 1.29 is 17.9 Å². The van der Waals surface area contributed by atoms with Crippen LogP contribution in [0.2, 0.25) is 10.0 Å². The van der Waals surface area contributed by atoms with Gasteiger partial charge >= 0.3 is 0 Å². The third-order valence-corrected chi connectivity index (χ3v) is 6.85. The van der Waals surface area contributed by atoms with Crippen LogP contribution < -0.4 is 10.1 Å². The summed E-state index contributed by atoms with van der Waals surface area (Å²) < 4.78 is 32.1. The second-order valence-corrected chi connectivity index (χ2v) is 8.73. The summed E-state index contributed by atoms with van der Waals surface area (Å²) in [5.41, 5.74) is 1.03. The molecule has 1 amide bonds. The van der Waals surface area contributed by atoms with Gasteiger partial charge in [-0.25, -0.2) is 8.42 Å². The van der Waals surface area contributed by atoms with Crippen LogP contribution in [0.25, 0.3) is 0 Å². The molecule has 152 valence electrons. The SMILES string of the molecule is CCN(CC)S(=O)(=O)c1ccc(Cl)c(NC(=O)COc2ccc(Cl)c(C)c2)c1. The van der Waals surface area contributed by atoms with Gasteiger partial charge in [-0.15, -0.1) is 0 Å². The van der Waals surface area contributed by atoms with Crippen molar-refractivity contribution in [1.82, 2.24) is 4.31 Å². The average Bonchev–Trinajstić information content (AvgIpc) is 2.65. The van der Waals surface area contributed by atoms with E-state index < -0.39 is 15.9 Å². The number of anilines is 1. The summed E-state index contributed by atoms with van der Waals surface area (Å²) in [5.74, 6) is 0.0351. The maximum Gasteiger partial charge on any atom is 0.262 e. The Morgan fingerprint density at radius 1 is 1.07 bits per heavy atom. The first-order chi connectivity index (χ1) is 13.2. The lowest BCUT2D eigenvalue weighted by molar-refractivity contribution is -0.118. The van der Waals surface area contributed by atoms with Crippen molar-refractivity contribution in [1.29, 1.82) is 0 Å². The topological polar surface area (TPSA) is 75.7 Å². The first-order valence-corrected chi connectivity index (χ1v) is 10.9. The highest BCUT2D eigenvalue weighted by Gasteiger charge is 2.22. The van der Waals surface area contributed by atoms with Crippen molar-refractivity contribution in [2.24, 2.45) is 0 Å². The van der Waals surface area contributed by atoms with Gasteiger partial charge in [0.05, 0.1) is 15.6 Å². The van der Waals surface area contributed by atoms with Crippen LogP contribution in [0.3, 0.4) is 0 Å². The van der Waals surface area contributed by atoms with Crippen molar-refractivity contribution in [2.45, 2.75) is 25.7 Å². The van der Waals surface area contributed by atoms with Crippen molar-refractivity contribution in [3.8, 4) is 5.75 Å². The highest BCUT2D eigenvalue weighted by atomic mass is 35.5. The molecule has 2 aromatic carbocycles. The Morgan fingerprint density at radius 3 is 2.32 bits per heavy atom. The van der Waals surface area contributed by atoms with Gasteiger partial charge in [0.15, 0.2) is 6.61 Å². The second-order valence-electron chi connectivity index (χ2n) is 5.98. The van der Waals surface area contributed by atoms with Crippen molar-refractivity contribution in [2.75, 3.05) is 25.0 Å². The van der Waals surface area contributed by atoms with E-state index in [1.807, 2.05) is 6.92 Å². The number of aryl methyl sites for hydroxylation is 1. The van der Waals surface area contributed by atoms with E-state index in [0.29, 0.717) is 23.9 Å². The first-order valence-electron chi connectivity index (χ1n) is 8.67.